The smallest absolute Gasteiger partial charge is 0.327 e. The molecule has 1 aromatic carbocycles. The zero-order chi connectivity index (χ0) is 14.1. The molecule has 0 spiro atoms. The van der Waals surface area contributed by atoms with Gasteiger partial charge in [0.2, 0.25) is 0 Å². The van der Waals surface area contributed by atoms with Crippen molar-refractivity contribution in [2.75, 3.05) is 19.0 Å². The van der Waals surface area contributed by atoms with E-state index in [4.69, 9.17) is 10.00 Å². The van der Waals surface area contributed by atoms with Gasteiger partial charge in [0.15, 0.2) is 0 Å². The highest BCUT2D eigenvalue weighted by atomic mass is 16.5. The summed E-state index contributed by atoms with van der Waals surface area (Å²) in [7, 11) is 1.36. The van der Waals surface area contributed by atoms with Crippen molar-refractivity contribution < 1.29 is 14.3 Å². The van der Waals surface area contributed by atoms with Gasteiger partial charge in [-0.25, -0.2) is 4.79 Å². The minimum Gasteiger partial charge on any atom is -0.493 e. The highest BCUT2D eigenvalue weighted by Crippen LogP contribution is 2.18. The predicted octanol–water partition coefficient (Wildman–Crippen LogP) is 2.34. The van der Waals surface area contributed by atoms with Crippen molar-refractivity contribution >= 4 is 11.7 Å². The Morgan fingerprint density at radius 1 is 1.53 bits per heavy atom. The average molecular weight is 262 g/mol. The Labute approximate surface area is 113 Å². The fraction of sp³-hybridized carbons (Fsp3) is 0.429. The Morgan fingerprint density at radius 3 is 3.00 bits per heavy atom. The molecule has 0 saturated heterocycles. The van der Waals surface area contributed by atoms with E-state index in [2.05, 4.69) is 16.1 Å². The fourth-order valence-electron chi connectivity index (χ4n) is 1.50. The molecule has 1 N–H and O–H groups in total. The number of nitrogens with one attached hydrogen (secondary N) is 1. The molecule has 5 heteroatoms. The molecule has 0 amide bonds. The lowest BCUT2D eigenvalue weighted by Crippen LogP contribution is -2.27. The molecule has 1 rings (SSSR count). The largest absolute Gasteiger partial charge is 0.493 e. The third-order valence-electron chi connectivity index (χ3n) is 2.47. The predicted molar refractivity (Wildman–Crippen MR) is 71.9 cm³/mol. The van der Waals surface area contributed by atoms with Crippen molar-refractivity contribution in [1.29, 1.82) is 5.26 Å². The minimum atomic E-state index is -0.418. The van der Waals surface area contributed by atoms with Crippen LogP contribution in [0.15, 0.2) is 24.3 Å². The van der Waals surface area contributed by atoms with Crippen LogP contribution in [0.5, 0.6) is 5.75 Å². The highest BCUT2D eigenvalue weighted by molar-refractivity contribution is 5.78. The number of nitriles is 1. The first-order valence-corrected chi connectivity index (χ1v) is 6.11. The lowest BCUT2D eigenvalue weighted by atomic mass is 10.2. The summed E-state index contributed by atoms with van der Waals surface area (Å²) in [4.78, 5) is 11.3. The normalized spacial score (nSPS) is 11.2. The number of hydrogen-bond acceptors (Lipinski definition) is 5. The van der Waals surface area contributed by atoms with Crippen molar-refractivity contribution in [2.45, 2.75) is 25.8 Å². The second-order valence-corrected chi connectivity index (χ2v) is 4.03. The van der Waals surface area contributed by atoms with Crippen LogP contribution in [0.3, 0.4) is 0 Å². The Bertz CT molecular complexity index is 454. The molecule has 0 saturated carbocycles. The molecule has 0 aromatic heterocycles. The van der Waals surface area contributed by atoms with Gasteiger partial charge in [-0.15, -0.1) is 0 Å². The molecule has 0 aliphatic carbocycles. The number of methoxy groups -OCH3 is 1. The fourth-order valence-corrected chi connectivity index (χ4v) is 1.50. The zero-order valence-electron chi connectivity index (χ0n) is 11.2. The number of ether oxygens (including phenoxy) is 2. The summed E-state index contributed by atoms with van der Waals surface area (Å²) in [6.45, 7) is 2.23. The van der Waals surface area contributed by atoms with Crippen LogP contribution in [-0.4, -0.2) is 25.7 Å². The van der Waals surface area contributed by atoms with E-state index in [-0.39, 0.29) is 5.97 Å². The third kappa shape index (κ3) is 5.30. The van der Waals surface area contributed by atoms with E-state index in [9.17, 15) is 4.79 Å². The second-order valence-electron chi connectivity index (χ2n) is 4.03. The van der Waals surface area contributed by atoms with Gasteiger partial charge in [-0.2, -0.15) is 5.26 Å². The molecule has 0 aliphatic heterocycles. The summed E-state index contributed by atoms with van der Waals surface area (Å²) in [5.74, 6) is 0.389. The quantitative estimate of drug-likeness (QED) is 0.603. The number of hydrogen-bond donors (Lipinski definition) is 1. The van der Waals surface area contributed by atoms with E-state index in [1.165, 1.54) is 7.11 Å². The highest BCUT2D eigenvalue weighted by Gasteiger charge is 2.12. The van der Waals surface area contributed by atoms with Crippen LogP contribution in [0, 0.1) is 11.3 Å². The SMILES string of the molecule is COC(=O)C(C)Nc1cccc(OCCCC#N)c1. The van der Waals surface area contributed by atoms with Gasteiger partial charge in [-0.1, -0.05) is 6.07 Å². The van der Waals surface area contributed by atoms with E-state index in [0.29, 0.717) is 25.2 Å². The average Bonchev–Trinajstić information content (AvgIpc) is 2.43. The van der Waals surface area contributed by atoms with Gasteiger partial charge in [0, 0.05) is 18.2 Å². The van der Waals surface area contributed by atoms with Crippen molar-refractivity contribution in [3.63, 3.8) is 0 Å². The topological polar surface area (TPSA) is 71.3 Å². The molecular weight excluding hydrogens is 244 g/mol. The molecule has 0 heterocycles. The first-order chi connectivity index (χ1) is 9.17. The lowest BCUT2D eigenvalue weighted by molar-refractivity contribution is -0.141. The molecule has 0 radical (unpaired) electrons. The molecule has 1 unspecified atom stereocenters. The number of carbonyl (C=O) groups is 1. The molecule has 0 aliphatic rings. The van der Waals surface area contributed by atoms with Crippen LogP contribution in [-0.2, 0) is 9.53 Å². The van der Waals surface area contributed by atoms with Crippen molar-refractivity contribution in [2.24, 2.45) is 0 Å². The van der Waals surface area contributed by atoms with Gasteiger partial charge in [-0.3, -0.25) is 0 Å². The van der Waals surface area contributed by atoms with Crippen molar-refractivity contribution in [3.05, 3.63) is 24.3 Å². The van der Waals surface area contributed by atoms with E-state index < -0.39 is 6.04 Å². The summed E-state index contributed by atoms with van der Waals surface area (Å²) < 4.78 is 10.2. The van der Waals surface area contributed by atoms with E-state index in [1.54, 1.807) is 6.92 Å². The van der Waals surface area contributed by atoms with Crippen molar-refractivity contribution in [3.8, 4) is 11.8 Å². The van der Waals surface area contributed by atoms with Crippen LogP contribution in [0.1, 0.15) is 19.8 Å². The molecule has 102 valence electrons. The maximum absolute atomic E-state index is 11.3. The first kappa shape index (κ1) is 14.8. The summed E-state index contributed by atoms with van der Waals surface area (Å²) in [6, 6.07) is 8.98. The Hall–Kier alpha value is -2.22. The Kier molecular flexibility index (Phi) is 6.23. The second kappa shape index (κ2) is 7.98. The number of carbonyl (C=O) groups excluding carboxylic acids is 1. The number of benzene rings is 1. The van der Waals surface area contributed by atoms with Crippen LogP contribution in [0.4, 0.5) is 5.69 Å². The number of esters is 1. The lowest BCUT2D eigenvalue weighted by Gasteiger charge is -2.14. The van der Waals surface area contributed by atoms with Crippen LogP contribution in [0.25, 0.3) is 0 Å². The van der Waals surface area contributed by atoms with Crippen molar-refractivity contribution in [1.82, 2.24) is 0 Å². The van der Waals surface area contributed by atoms with E-state index in [1.807, 2.05) is 24.3 Å². The van der Waals surface area contributed by atoms with E-state index >= 15 is 0 Å². The molecule has 0 fully saturated rings. The summed E-state index contributed by atoms with van der Waals surface area (Å²) in [6.07, 6.45) is 1.18. The molecule has 1 aromatic rings. The molecule has 19 heavy (non-hydrogen) atoms. The maximum atomic E-state index is 11.3. The number of unbranched alkanes of at least 4 members (excludes halogenated alkanes) is 1. The van der Waals surface area contributed by atoms with Gasteiger partial charge < -0.3 is 14.8 Å². The van der Waals surface area contributed by atoms with Gasteiger partial charge in [0.25, 0.3) is 0 Å². The number of rotatable bonds is 7. The van der Waals surface area contributed by atoms with Gasteiger partial charge >= 0.3 is 5.97 Å². The summed E-state index contributed by atoms with van der Waals surface area (Å²) in [5.41, 5.74) is 0.788. The van der Waals surface area contributed by atoms with Gasteiger partial charge in [-0.05, 0) is 25.5 Å². The molecule has 5 nitrogen and oxygen atoms in total. The summed E-state index contributed by atoms with van der Waals surface area (Å²) >= 11 is 0. The number of anilines is 1. The standard InChI is InChI=1S/C14H18N2O3/c1-11(14(17)18-2)16-12-6-5-7-13(10-12)19-9-4-3-8-15/h5-7,10-11,16H,3-4,9H2,1-2H3. The van der Waals surface area contributed by atoms with Crippen LogP contribution in [0.2, 0.25) is 0 Å². The van der Waals surface area contributed by atoms with Gasteiger partial charge in [0.1, 0.15) is 11.8 Å². The zero-order valence-corrected chi connectivity index (χ0v) is 11.2. The molecule has 1 atom stereocenters. The Morgan fingerprint density at radius 2 is 2.32 bits per heavy atom. The third-order valence-corrected chi connectivity index (χ3v) is 2.47. The minimum absolute atomic E-state index is 0.319. The van der Waals surface area contributed by atoms with Gasteiger partial charge in [0.05, 0.1) is 19.8 Å². The van der Waals surface area contributed by atoms with Crippen LogP contribution >= 0.6 is 0 Å². The molecular formula is C14H18N2O3. The van der Waals surface area contributed by atoms with E-state index in [0.717, 1.165) is 5.69 Å². The summed E-state index contributed by atoms with van der Waals surface area (Å²) in [5, 5.41) is 11.5. The maximum Gasteiger partial charge on any atom is 0.327 e. The molecule has 0 bridgehead atoms. The first-order valence-electron chi connectivity index (χ1n) is 6.11. The monoisotopic (exact) mass is 262 g/mol. The number of nitrogens with zero attached hydrogens (tertiary/aromatic N) is 1. The van der Waals surface area contributed by atoms with Crippen LogP contribution < -0.4 is 10.1 Å². The Balaban J connectivity index is 2.52.